The number of hydrogen-bond donors (Lipinski definition) is 0. The minimum absolute atomic E-state index is 0.0255. The van der Waals surface area contributed by atoms with Gasteiger partial charge in [0.2, 0.25) is 5.91 Å². The normalized spacial score (nSPS) is 17.7. The summed E-state index contributed by atoms with van der Waals surface area (Å²) in [5.74, 6) is -0.133. The van der Waals surface area contributed by atoms with Crippen LogP contribution in [-0.2, 0) is 16.1 Å². The number of ether oxygens (including phenoxy) is 1. The van der Waals surface area contributed by atoms with E-state index >= 15 is 0 Å². The molecule has 1 aromatic rings. The summed E-state index contributed by atoms with van der Waals surface area (Å²) in [7, 11) is 0. The van der Waals surface area contributed by atoms with Gasteiger partial charge in [0.1, 0.15) is 12.2 Å². The molecule has 1 saturated carbocycles. The average molecular weight is 391 g/mol. The van der Waals surface area contributed by atoms with E-state index < -0.39 is 18.2 Å². The van der Waals surface area contributed by atoms with E-state index in [4.69, 9.17) is 16.3 Å². The molecule has 0 unspecified atom stereocenters. The molecule has 26 heavy (non-hydrogen) atoms. The fourth-order valence-corrected chi connectivity index (χ4v) is 3.43. The van der Waals surface area contributed by atoms with E-state index in [-0.39, 0.29) is 23.4 Å². The standard InChI is InChI=1S/C16H21ClF2N4O3/c1-2-26-16(25)22-7-5-21(6-8-22)11(24)9-23-14(10-3-4-10)12(17)13(20-23)15(18)19/h10,15H,2-9H2,1H3. The summed E-state index contributed by atoms with van der Waals surface area (Å²) < 4.78 is 32.4. The van der Waals surface area contributed by atoms with E-state index in [0.717, 1.165) is 12.8 Å². The van der Waals surface area contributed by atoms with Crippen molar-refractivity contribution in [3.8, 4) is 0 Å². The molecule has 1 aliphatic heterocycles. The van der Waals surface area contributed by atoms with Crippen molar-refractivity contribution >= 4 is 23.6 Å². The smallest absolute Gasteiger partial charge is 0.409 e. The number of amides is 2. The molecular formula is C16H21ClF2N4O3. The Bertz CT molecular complexity index is 685. The third-order valence-electron chi connectivity index (χ3n) is 4.57. The van der Waals surface area contributed by atoms with E-state index in [1.165, 1.54) is 4.68 Å². The summed E-state index contributed by atoms with van der Waals surface area (Å²) in [6.45, 7) is 3.40. The summed E-state index contributed by atoms with van der Waals surface area (Å²) in [4.78, 5) is 27.4. The molecule has 1 aromatic heterocycles. The van der Waals surface area contributed by atoms with Gasteiger partial charge in [0, 0.05) is 32.1 Å². The van der Waals surface area contributed by atoms with Crippen molar-refractivity contribution in [3.05, 3.63) is 16.4 Å². The molecule has 2 aliphatic rings. The lowest BCUT2D eigenvalue weighted by Gasteiger charge is -2.34. The Labute approximate surface area is 154 Å². The predicted molar refractivity (Wildman–Crippen MR) is 89.3 cm³/mol. The van der Waals surface area contributed by atoms with Crippen LogP contribution >= 0.6 is 11.6 Å². The first kappa shape index (κ1) is 18.9. The second-order valence-electron chi connectivity index (χ2n) is 6.38. The Morgan fingerprint density at radius 3 is 2.38 bits per heavy atom. The van der Waals surface area contributed by atoms with E-state index in [1.54, 1.807) is 16.7 Å². The highest BCUT2D eigenvalue weighted by Gasteiger charge is 2.35. The van der Waals surface area contributed by atoms with Gasteiger partial charge >= 0.3 is 6.09 Å². The van der Waals surface area contributed by atoms with Crippen LogP contribution in [0, 0.1) is 0 Å². The number of hydrogen-bond acceptors (Lipinski definition) is 4. The Balaban J connectivity index is 1.64. The molecule has 2 heterocycles. The first-order chi connectivity index (χ1) is 12.4. The molecule has 1 aliphatic carbocycles. The number of halogens is 3. The summed E-state index contributed by atoms with van der Waals surface area (Å²) in [6.07, 6.45) is -1.44. The summed E-state index contributed by atoms with van der Waals surface area (Å²) in [5.41, 5.74) is 0.0639. The molecule has 10 heteroatoms. The Hall–Kier alpha value is -1.90. The fourth-order valence-electron chi connectivity index (χ4n) is 3.06. The lowest BCUT2D eigenvalue weighted by molar-refractivity contribution is -0.133. The van der Waals surface area contributed by atoms with Crippen LogP contribution in [0.25, 0.3) is 0 Å². The van der Waals surface area contributed by atoms with Crippen LogP contribution in [-0.4, -0.2) is 64.4 Å². The van der Waals surface area contributed by atoms with Gasteiger partial charge in [0.25, 0.3) is 6.43 Å². The molecule has 3 rings (SSSR count). The van der Waals surface area contributed by atoms with Gasteiger partial charge in [0.15, 0.2) is 0 Å². The zero-order chi connectivity index (χ0) is 18.8. The van der Waals surface area contributed by atoms with Crippen molar-refractivity contribution in [1.82, 2.24) is 19.6 Å². The van der Waals surface area contributed by atoms with Gasteiger partial charge in [-0.05, 0) is 19.8 Å². The van der Waals surface area contributed by atoms with Crippen LogP contribution in [0.5, 0.6) is 0 Å². The van der Waals surface area contributed by atoms with Crippen LogP contribution in [0.15, 0.2) is 0 Å². The van der Waals surface area contributed by atoms with Crippen LogP contribution in [0.4, 0.5) is 13.6 Å². The van der Waals surface area contributed by atoms with Crippen LogP contribution < -0.4 is 0 Å². The molecule has 2 fully saturated rings. The highest BCUT2D eigenvalue weighted by atomic mass is 35.5. The SMILES string of the molecule is CCOC(=O)N1CCN(C(=O)Cn2nc(C(F)F)c(Cl)c2C2CC2)CC1. The number of nitrogens with zero attached hydrogens (tertiary/aromatic N) is 4. The van der Waals surface area contributed by atoms with E-state index in [2.05, 4.69) is 5.10 Å². The Kier molecular flexibility index (Phi) is 5.64. The van der Waals surface area contributed by atoms with Gasteiger partial charge < -0.3 is 14.5 Å². The molecule has 0 radical (unpaired) electrons. The summed E-state index contributed by atoms with van der Waals surface area (Å²) in [6, 6.07) is 0. The Morgan fingerprint density at radius 1 is 1.23 bits per heavy atom. The number of rotatable bonds is 5. The number of aromatic nitrogens is 2. The molecular weight excluding hydrogens is 370 g/mol. The molecule has 0 N–H and O–H groups in total. The molecule has 0 aromatic carbocycles. The fraction of sp³-hybridized carbons (Fsp3) is 0.688. The van der Waals surface area contributed by atoms with E-state index in [1.807, 2.05) is 0 Å². The maximum absolute atomic E-state index is 13.1. The zero-order valence-corrected chi connectivity index (χ0v) is 15.2. The lowest BCUT2D eigenvalue weighted by Crippen LogP contribution is -2.51. The average Bonchev–Trinajstić information content (AvgIpc) is 3.39. The van der Waals surface area contributed by atoms with Gasteiger partial charge in [-0.2, -0.15) is 5.10 Å². The third kappa shape index (κ3) is 3.92. The molecule has 7 nitrogen and oxygen atoms in total. The first-order valence-electron chi connectivity index (χ1n) is 8.66. The molecule has 2 amide bonds. The van der Waals surface area contributed by atoms with Crippen molar-refractivity contribution in [3.63, 3.8) is 0 Å². The van der Waals surface area contributed by atoms with Crippen LogP contribution in [0.3, 0.4) is 0 Å². The van der Waals surface area contributed by atoms with Gasteiger partial charge in [-0.3, -0.25) is 9.48 Å². The summed E-state index contributed by atoms with van der Waals surface area (Å²) >= 11 is 6.07. The quantitative estimate of drug-likeness (QED) is 0.775. The van der Waals surface area contributed by atoms with Crippen LogP contribution in [0.2, 0.25) is 5.02 Å². The molecule has 0 spiro atoms. The van der Waals surface area contributed by atoms with Crippen molar-refractivity contribution in [2.45, 2.75) is 38.7 Å². The Morgan fingerprint density at radius 2 is 1.85 bits per heavy atom. The number of carbonyl (C=O) groups is 2. The maximum atomic E-state index is 13.1. The highest BCUT2D eigenvalue weighted by Crippen LogP contribution is 2.45. The van der Waals surface area contributed by atoms with Crippen molar-refractivity contribution < 1.29 is 23.1 Å². The molecule has 1 saturated heterocycles. The highest BCUT2D eigenvalue weighted by molar-refractivity contribution is 6.32. The third-order valence-corrected chi connectivity index (χ3v) is 4.96. The van der Waals surface area contributed by atoms with Gasteiger partial charge in [-0.25, -0.2) is 13.6 Å². The number of carbonyl (C=O) groups excluding carboxylic acids is 2. The monoisotopic (exact) mass is 390 g/mol. The number of piperazine rings is 1. The number of alkyl halides is 2. The molecule has 0 bridgehead atoms. The lowest BCUT2D eigenvalue weighted by atomic mass is 10.2. The predicted octanol–water partition coefficient (Wildman–Crippen LogP) is 2.65. The van der Waals surface area contributed by atoms with Gasteiger partial charge in [-0.1, -0.05) is 11.6 Å². The van der Waals surface area contributed by atoms with Crippen LogP contribution in [0.1, 0.15) is 43.5 Å². The van der Waals surface area contributed by atoms with E-state index in [0.29, 0.717) is 38.5 Å². The van der Waals surface area contributed by atoms with Crippen molar-refractivity contribution in [2.75, 3.05) is 32.8 Å². The van der Waals surface area contributed by atoms with E-state index in [9.17, 15) is 18.4 Å². The second kappa shape index (κ2) is 7.77. The second-order valence-corrected chi connectivity index (χ2v) is 6.76. The first-order valence-corrected chi connectivity index (χ1v) is 9.03. The van der Waals surface area contributed by atoms with Gasteiger partial charge in [-0.15, -0.1) is 0 Å². The minimum Gasteiger partial charge on any atom is -0.450 e. The molecule has 0 atom stereocenters. The topological polar surface area (TPSA) is 67.7 Å². The zero-order valence-electron chi connectivity index (χ0n) is 14.5. The summed E-state index contributed by atoms with van der Waals surface area (Å²) in [5, 5.41) is 3.85. The van der Waals surface area contributed by atoms with Crippen molar-refractivity contribution in [2.24, 2.45) is 0 Å². The minimum atomic E-state index is -2.77. The molecule has 144 valence electrons. The van der Waals surface area contributed by atoms with Gasteiger partial charge in [0.05, 0.1) is 17.3 Å². The van der Waals surface area contributed by atoms with Crippen molar-refractivity contribution in [1.29, 1.82) is 0 Å². The largest absolute Gasteiger partial charge is 0.450 e. The maximum Gasteiger partial charge on any atom is 0.409 e.